The Balaban J connectivity index is -0.0000000417. The van der Waals surface area contributed by atoms with Crippen molar-refractivity contribution in [2.24, 2.45) is 0 Å². The Morgan fingerprint density at radius 3 is 1.11 bits per heavy atom. The Kier molecular flexibility index (Phi) is 28.6. The fourth-order valence-corrected chi connectivity index (χ4v) is 0. The molecule has 0 aromatic carbocycles. The Morgan fingerprint density at radius 1 is 1.00 bits per heavy atom. The number of halogens is 2. The molecule has 0 heterocycles. The molecule has 0 aromatic rings. The first-order valence-electron chi connectivity index (χ1n) is 1.11. The van der Waals surface area contributed by atoms with Gasteiger partial charge in [0.25, 0.3) is 0 Å². The third kappa shape index (κ3) is 17.7. The van der Waals surface area contributed by atoms with Crippen LogP contribution in [-0.4, -0.2) is 22.2 Å². The van der Waals surface area contributed by atoms with Gasteiger partial charge in [-0.2, -0.15) is 0 Å². The molecule has 4 nitrogen and oxygen atoms in total. The largest absolute Gasteiger partial charge is 1.00 e. The number of carboxylic acids is 2. The van der Waals surface area contributed by atoms with E-state index in [-0.39, 0.29) is 54.4 Å². The van der Waals surface area contributed by atoms with Crippen molar-refractivity contribution in [1.82, 2.24) is 0 Å². The molecule has 0 saturated carbocycles. The summed E-state index contributed by atoms with van der Waals surface area (Å²) in [5, 5.41) is 14.8. The Labute approximate surface area is 85.7 Å². The fourth-order valence-electron chi connectivity index (χ4n) is 0. The molecule has 0 radical (unpaired) electrons. The van der Waals surface area contributed by atoms with Crippen molar-refractivity contribution < 1.29 is 61.8 Å². The van der Waals surface area contributed by atoms with Crippen LogP contribution in [0.15, 0.2) is 0 Å². The van der Waals surface area contributed by atoms with Crippen LogP contribution < -0.4 is 42.0 Å². The van der Waals surface area contributed by atoms with Gasteiger partial charge in [0.1, 0.15) is 0 Å². The zero-order valence-corrected chi connectivity index (χ0v) is 8.07. The molecule has 0 bridgehead atoms. The van der Waals surface area contributed by atoms with Gasteiger partial charge in [-0.25, -0.2) is 9.59 Å². The standard InChI is InChI=1S/C2H2O4.2ClH.Na/c3-1(4)2(5)6;;;/h(H,3,4)(H,5,6);2*1H;/q;;;+1/p-1. The average Bonchev–Trinajstić information content (AvgIpc) is 1.36. The van der Waals surface area contributed by atoms with Crippen molar-refractivity contribution in [3.8, 4) is 0 Å². The van der Waals surface area contributed by atoms with Gasteiger partial charge < -0.3 is 22.6 Å². The molecule has 0 fully saturated rings. The van der Waals surface area contributed by atoms with E-state index in [0.717, 1.165) is 0 Å². The minimum atomic E-state index is -1.82. The summed E-state index contributed by atoms with van der Waals surface area (Å²) >= 11 is 0. The molecule has 0 aliphatic carbocycles. The van der Waals surface area contributed by atoms with E-state index in [2.05, 4.69) is 0 Å². The summed E-state index contributed by atoms with van der Waals surface area (Å²) in [6.07, 6.45) is 0. The maximum atomic E-state index is 9.10. The first-order chi connectivity index (χ1) is 2.64. The van der Waals surface area contributed by atoms with Crippen LogP contribution in [-0.2, 0) is 9.59 Å². The molecule has 0 rings (SSSR count). The summed E-state index contributed by atoms with van der Waals surface area (Å²) in [6.45, 7) is 0. The summed E-state index contributed by atoms with van der Waals surface area (Å²) in [7, 11) is 0. The summed E-state index contributed by atoms with van der Waals surface area (Å²) in [5.41, 5.74) is 0. The maximum Gasteiger partial charge on any atom is 1.00 e. The Bertz CT molecular complexity index is 82.6. The van der Waals surface area contributed by atoms with Gasteiger partial charge in [-0.1, -0.05) is 0 Å². The van der Waals surface area contributed by atoms with E-state index in [4.69, 9.17) is 19.8 Å². The molecule has 7 heteroatoms. The predicted octanol–water partition coefficient (Wildman–Crippen LogP) is -6.41. The van der Waals surface area contributed by atoms with Gasteiger partial charge in [0.15, 0.2) is 0 Å². The molecular formula is C2H3Cl2NaO4. The minimum Gasteiger partial charge on any atom is -1.00 e. The SMILES string of the molecule is Cl.O=C(O)C(=O)O.[Cl-].[Na+]. The quantitative estimate of drug-likeness (QED) is 0.290. The van der Waals surface area contributed by atoms with Crippen LogP contribution in [0.4, 0.5) is 0 Å². The second-order valence-electron chi connectivity index (χ2n) is 0.610. The molecule has 0 spiro atoms. The number of carbonyl (C=O) groups is 2. The molecule has 9 heavy (non-hydrogen) atoms. The molecule has 0 aromatic heterocycles. The van der Waals surface area contributed by atoms with Crippen molar-refractivity contribution in [2.45, 2.75) is 0 Å². The molecule has 0 amide bonds. The third-order valence-electron chi connectivity index (χ3n) is 0.183. The van der Waals surface area contributed by atoms with Crippen molar-refractivity contribution in [1.29, 1.82) is 0 Å². The second-order valence-corrected chi connectivity index (χ2v) is 0.610. The van der Waals surface area contributed by atoms with Crippen LogP contribution in [0.5, 0.6) is 0 Å². The van der Waals surface area contributed by atoms with E-state index in [0.29, 0.717) is 0 Å². The summed E-state index contributed by atoms with van der Waals surface area (Å²) in [6, 6.07) is 0. The zero-order valence-electron chi connectivity index (χ0n) is 4.50. The monoisotopic (exact) mass is 184 g/mol. The minimum absolute atomic E-state index is 0. The summed E-state index contributed by atoms with van der Waals surface area (Å²) in [5.74, 6) is -3.65. The van der Waals surface area contributed by atoms with Crippen molar-refractivity contribution in [2.75, 3.05) is 0 Å². The molecule has 0 aliphatic heterocycles. The van der Waals surface area contributed by atoms with Crippen LogP contribution in [0.1, 0.15) is 0 Å². The van der Waals surface area contributed by atoms with E-state index in [1.807, 2.05) is 0 Å². The first-order valence-corrected chi connectivity index (χ1v) is 1.11. The number of aliphatic carboxylic acids is 2. The molecular weight excluding hydrogens is 182 g/mol. The summed E-state index contributed by atoms with van der Waals surface area (Å²) < 4.78 is 0. The second kappa shape index (κ2) is 11.3. The van der Waals surface area contributed by atoms with Gasteiger partial charge in [-0.3, -0.25) is 0 Å². The van der Waals surface area contributed by atoms with Crippen LogP contribution >= 0.6 is 12.4 Å². The Morgan fingerprint density at radius 2 is 1.11 bits per heavy atom. The van der Waals surface area contributed by atoms with E-state index in [1.54, 1.807) is 0 Å². The number of hydrogen-bond acceptors (Lipinski definition) is 2. The predicted molar refractivity (Wildman–Crippen MR) is 22.5 cm³/mol. The third-order valence-corrected chi connectivity index (χ3v) is 0.183. The van der Waals surface area contributed by atoms with Crippen LogP contribution in [0.2, 0.25) is 0 Å². The van der Waals surface area contributed by atoms with E-state index in [1.165, 1.54) is 0 Å². The van der Waals surface area contributed by atoms with Gasteiger partial charge in [-0.15, -0.1) is 12.4 Å². The van der Waals surface area contributed by atoms with Crippen LogP contribution in [0, 0.1) is 0 Å². The van der Waals surface area contributed by atoms with Crippen LogP contribution in [0.3, 0.4) is 0 Å². The molecule has 0 saturated heterocycles. The molecule has 0 atom stereocenters. The topological polar surface area (TPSA) is 74.6 Å². The zero-order chi connectivity index (χ0) is 5.15. The molecule has 2 N–H and O–H groups in total. The van der Waals surface area contributed by atoms with Gasteiger partial charge in [0.2, 0.25) is 0 Å². The smallest absolute Gasteiger partial charge is 1.00 e. The van der Waals surface area contributed by atoms with Crippen molar-refractivity contribution in [3.63, 3.8) is 0 Å². The number of hydrogen-bond donors (Lipinski definition) is 2. The van der Waals surface area contributed by atoms with Gasteiger partial charge in [0, 0.05) is 0 Å². The van der Waals surface area contributed by atoms with Gasteiger partial charge in [-0.05, 0) is 0 Å². The number of rotatable bonds is 0. The van der Waals surface area contributed by atoms with Crippen molar-refractivity contribution >= 4 is 24.3 Å². The maximum absolute atomic E-state index is 9.10. The average molecular weight is 185 g/mol. The molecule has 0 unspecified atom stereocenters. The van der Waals surface area contributed by atoms with Crippen LogP contribution in [0.25, 0.3) is 0 Å². The normalized spacial score (nSPS) is 4.89. The molecule has 0 aliphatic rings. The first kappa shape index (κ1) is 22.7. The van der Waals surface area contributed by atoms with Crippen molar-refractivity contribution in [3.05, 3.63) is 0 Å². The number of carboxylic acid groups (broad SMARTS) is 2. The summed E-state index contributed by atoms with van der Waals surface area (Å²) in [4.78, 5) is 18.2. The Hall–Kier alpha value is 0.520. The van der Waals surface area contributed by atoms with Gasteiger partial charge >= 0.3 is 41.5 Å². The fraction of sp³-hybridized carbons (Fsp3) is 0. The van der Waals surface area contributed by atoms with E-state index < -0.39 is 11.9 Å². The molecule has 50 valence electrons. The van der Waals surface area contributed by atoms with E-state index >= 15 is 0 Å². The van der Waals surface area contributed by atoms with E-state index in [9.17, 15) is 0 Å². The van der Waals surface area contributed by atoms with Gasteiger partial charge in [0.05, 0.1) is 0 Å².